The summed E-state index contributed by atoms with van der Waals surface area (Å²) in [7, 11) is 0. The molecule has 25 heavy (non-hydrogen) atoms. The normalized spacial score (nSPS) is 21.5. The topological polar surface area (TPSA) is 56.4 Å². The van der Waals surface area contributed by atoms with Crippen LogP contribution >= 0.6 is 11.8 Å². The van der Waals surface area contributed by atoms with Gasteiger partial charge in [-0.15, -0.1) is 0 Å². The van der Waals surface area contributed by atoms with Gasteiger partial charge in [-0.25, -0.2) is 0 Å². The largest absolute Gasteiger partial charge is 0.351 e. The van der Waals surface area contributed by atoms with Gasteiger partial charge < -0.3 is 14.8 Å². The van der Waals surface area contributed by atoms with Crippen molar-refractivity contribution in [1.82, 2.24) is 14.8 Å². The highest BCUT2D eigenvalue weighted by Crippen LogP contribution is 2.23. The van der Waals surface area contributed by atoms with Crippen LogP contribution in [0.15, 0.2) is 30.3 Å². The minimum absolute atomic E-state index is 0.00268. The minimum atomic E-state index is -0.0508. The van der Waals surface area contributed by atoms with E-state index in [4.69, 9.17) is 0 Å². The van der Waals surface area contributed by atoms with Gasteiger partial charge in [-0.1, -0.05) is 18.2 Å². The van der Waals surface area contributed by atoms with Crippen LogP contribution in [0.1, 0.15) is 23.3 Å². The summed E-state index contributed by atoms with van der Waals surface area (Å²) in [4.78, 5) is 32.7. The van der Waals surface area contributed by atoms with E-state index in [0.717, 1.165) is 54.9 Å². The number of hydrogen-bond acceptors (Lipinski definition) is 3. The molecule has 2 aliphatic heterocycles. The maximum absolute atomic E-state index is 12.9. The van der Waals surface area contributed by atoms with Crippen molar-refractivity contribution in [2.24, 2.45) is 5.92 Å². The fourth-order valence-electron chi connectivity index (χ4n) is 3.76. The van der Waals surface area contributed by atoms with Crippen LogP contribution < -0.4 is 0 Å². The zero-order chi connectivity index (χ0) is 17.2. The number of aromatic nitrogens is 1. The maximum atomic E-state index is 12.9. The number of aromatic amines is 1. The number of nitrogens with zero attached hydrogens (tertiary/aromatic N) is 2. The van der Waals surface area contributed by atoms with Gasteiger partial charge in [0, 0.05) is 48.6 Å². The molecule has 2 aliphatic rings. The van der Waals surface area contributed by atoms with Crippen molar-refractivity contribution < 1.29 is 9.59 Å². The molecule has 0 saturated carbocycles. The van der Waals surface area contributed by atoms with Crippen LogP contribution in [-0.2, 0) is 4.79 Å². The minimum Gasteiger partial charge on any atom is -0.351 e. The van der Waals surface area contributed by atoms with Gasteiger partial charge in [0.25, 0.3) is 5.91 Å². The molecule has 3 heterocycles. The molecule has 0 aliphatic carbocycles. The number of amides is 2. The van der Waals surface area contributed by atoms with Crippen LogP contribution in [-0.4, -0.2) is 64.3 Å². The molecule has 2 saturated heterocycles. The summed E-state index contributed by atoms with van der Waals surface area (Å²) in [5, 5.41) is 1.04. The van der Waals surface area contributed by atoms with Gasteiger partial charge in [0.15, 0.2) is 0 Å². The van der Waals surface area contributed by atoms with Crippen molar-refractivity contribution in [2.75, 3.05) is 37.7 Å². The van der Waals surface area contributed by atoms with Gasteiger partial charge in [-0.05, 0) is 25.0 Å². The lowest BCUT2D eigenvalue weighted by molar-refractivity contribution is -0.136. The van der Waals surface area contributed by atoms with Crippen molar-refractivity contribution in [2.45, 2.75) is 12.8 Å². The molecule has 2 aromatic rings. The predicted molar refractivity (Wildman–Crippen MR) is 101 cm³/mol. The Hall–Kier alpha value is -1.95. The van der Waals surface area contributed by atoms with Crippen LogP contribution in [0.25, 0.3) is 10.9 Å². The van der Waals surface area contributed by atoms with Gasteiger partial charge in [-0.3, -0.25) is 9.59 Å². The average molecular weight is 357 g/mol. The Labute approximate surface area is 151 Å². The van der Waals surface area contributed by atoms with Gasteiger partial charge >= 0.3 is 0 Å². The molecule has 0 radical (unpaired) electrons. The first-order valence-electron chi connectivity index (χ1n) is 8.96. The summed E-state index contributed by atoms with van der Waals surface area (Å²) in [6.45, 7) is 2.95. The third-order valence-electron chi connectivity index (χ3n) is 5.14. The molecule has 2 fully saturated rings. The number of rotatable bonds is 2. The second-order valence-electron chi connectivity index (χ2n) is 6.80. The van der Waals surface area contributed by atoms with Crippen LogP contribution in [0.4, 0.5) is 0 Å². The second-order valence-corrected chi connectivity index (χ2v) is 8.02. The number of nitrogens with one attached hydrogen (secondary N) is 1. The Morgan fingerprint density at radius 1 is 1.08 bits per heavy atom. The standard InChI is InChI=1S/C19H23N3O2S/c23-18(21-8-10-25-11-9-21)15-5-3-7-22(13-15)19(24)17-12-14-4-1-2-6-16(14)20-17/h1-2,4,6,12,15,20H,3,5,7-11,13H2. The molecular weight excluding hydrogens is 334 g/mol. The van der Waals surface area contributed by atoms with Crippen LogP contribution in [0.2, 0.25) is 0 Å². The zero-order valence-corrected chi connectivity index (χ0v) is 15.1. The van der Waals surface area contributed by atoms with Gasteiger partial charge in [-0.2, -0.15) is 11.8 Å². The summed E-state index contributed by atoms with van der Waals surface area (Å²) in [6.07, 6.45) is 1.78. The molecular formula is C19H23N3O2S. The first-order chi connectivity index (χ1) is 12.2. The SMILES string of the molecule is O=C(c1cc2ccccc2[nH]1)N1CCCC(C(=O)N2CCSCC2)C1. The number of hydrogen-bond donors (Lipinski definition) is 1. The Bertz CT molecular complexity index is 749. The number of thioether (sulfide) groups is 1. The van der Waals surface area contributed by atoms with E-state index in [0.29, 0.717) is 12.2 Å². The van der Waals surface area contributed by atoms with Crippen molar-refractivity contribution >= 4 is 34.5 Å². The third kappa shape index (κ3) is 3.40. The van der Waals surface area contributed by atoms with Crippen molar-refractivity contribution in [3.8, 4) is 0 Å². The van der Waals surface area contributed by atoms with E-state index in [1.165, 1.54) is 0 Å². The number of piperidine rings is 1. The van der Waals surface area contributed by atoms with E-state index in [2.05, 4.69) is 4.98 Å². The van der Waals surface area contributed by atoms with E-state index in [1.807, 2.05) is 51.9 Å². The molecule has 4 rings (SSSR count). The molecule has 0 spiro atoms. The monoisotopic (exact) mass is 357 g/mol. The summed E-state index contributed by atoms with van der Waals surface area (Å²) < 4.78 is 0. The molecule has 0 bridgehead atoms. The highest BCUT2D eigenvalue weighted by atomic mass is 32.2. The summed E-state index contributed by atoms with van der Waals surface area (Å²) in [5.74, 6) is 2.23. The number of carbonyl (C=O) groups is 2. The second kappa shape index (κ2) is 7.12. The number of benzene rings is 1. The fraction of sp³-hybridized carbons (Fsp3) is 0.474. The molecule has 132 valence electrons. The molecule has 1 aromatic heterocycles. The molecule has 1 aromatic carbocycles. The van der Waals surface area contributed by atoms with Crippen LogP contribution in [0.3, 0.4) is 0 Å². The zero-order valence-electron chi connectivity index (χ0n) is 14.2. The van der Waals surface area contributed by atoms with E-state index < -0.39 is 0 Å². The number of fused-ring (bicyclic) bond motifs is 1. The number of carbonyl (C=O) groups excluding carboxylic acids is 2. The Morgan fingerprint density at radius 3 is 2.68 bits per heavy atom. The van der Waals surface area contributed by atoms with Crippen molar-refractivity contribution in [3.05, 3.63) is 36.0 Å². The van der Waals surface area contributed by atoms with Gasteiger partial charge in [0.05, 0.1) is 5.92 Å². The van der Waals surface area contributed by atoms with Crippen molar-refractivity contribution in [3.63, 3.8) is 0 Å². The Kier molecular flexibility index (Phi) is 4.70. The molecule has 1 unspecified atom stereocenters. The average Bonchev–Trinajstić information content (AvgIpc) is 3.12. The van der Waals surface area contributed by atoms with E-state index in [-0.39, 0.29) is 17.7 Å². The van der Waals surface area contributed by atoms with Gasteiger partial charge in [0.1, 0.15) is 5.69 Å². The lowest BCUT2D eigenvalue weighted by atomic mass is 9.96. The number of H-pyrrole nitrogens is 1. The molecule has 1 N–H and O–H groups in total. The molecule has 1 atom stereocenters. The maximum Gasteiger partial charge on any atom is 0.270 e. The lowest BCUT2D eigenvalue weighted by Gasteiger charge is -2.36. The van der Waals surface area contributed by atoms with Crippen molar-refractivity contribution in [1.29, 1.82) is 0 Å². The first-order valence-corrected chi connectivity index (χ1v) is 10.1. The quantitative estimate of drug-likeness (QED) is 0.899. The van der Waals surface area contributed by atoms with Gasteiger partial charge in [0.2, 0.25) is 5.91 Å². The molecule has 6 heteroatoms. The molecule has 5 nitrogen and oxygen atoms in total. The van der Waals surface area contributed by atoms with Crippen LogP contribution in [0.5, 0.6) is 0 Å². The van der Waals surface area contributed by atoms with E-state index >= 15 is 0 Å². The smallest absolute Gasteiger partial charge is 0.270 e. The lowest BCUT2D eigenvalue weighted by Crippen LogP contribution is -2.48. The number of para-hydroxylation sites is 1. The van der Waals surface area contributed by atoms with E-state index in [1.54, 1.807) is 0 Å². The highest BCUT2D eigenvalue weighted by Gasteiger charge is 2.32. The Balaban J connectivity index is 1.46. The first kappa shape index (κ1) is 16.5. The molecule has 2 amide bonds. The highest BCUT2D eigenvalue weighted by molar-refractivity contribution is 7.99. The predicted octanol–water partition coefficient (Wildman–Crippen LogP) is 2.60. The third-order valence-corrected chi connectivity index (χ3v) is 6.08. The fourth-order valence-corrected chi connectivity index (χ4v) is 4.67. The Morgan fingerprint density at radius 2 is 1.88 bits per heavy atom. The van der Waals surface area contributed by atoms with E-state index in [9.17, 15) is 9.59 Å². The summed E-state index contributed by atoms with van der Waals surface area (Å²) in [5.41, 5.74) is 1.59. The van der Waals surface area contributed by atoms with Crippen LogP contribution in [0, 0.1) is 5.92 Å². The number of likely N-dealkylation sites (tertiary alicyclic amines) is 1. The summed E-state index contributed by atoms with van der Waals surface area (Å²) >= 11 is 1.90. The summed E-state index contributed by atoms with van der Waals surface area (Å²) in [6, 6.07) is 9.81.